The van der Waals surface area contributed by atoms with E-state index in [9.17, 15) is 10.1 Å². The van der Waals surface area contributed by atoms with Crippen molar-refractivity contribution in [1.29, 1.82) is 5.26 Å². The van der Waals surface area contributed by atoms with Gasteiger partial charge >= 0.3 is 0 Å². The van der Waals surface area contributed by atoms with Crippen LogP contribution in [0.1, 0.15) is 25.5 Å². The third kappa shape index (κ3) is 2.93. The highest BCUT2D eigenvalue weighted by atomic mass is 16.1. The molecular formula is C20H19N5O. The zero-order valence-corrected chi connectivity index (χ0v) is 14.7. The number of nitrogens with one attached hydrogen (secondary N) is 1. The van der Waals surface area contributed by atoms with Crippen molar-refractivity contribution in [2.24, 2.45) is 13.0 Å². The van der Waals surface area contributed by atoms with Crippen LogP contribution in [0.2, 0.25) is 0 Å². The first-order chi connectivity index (χ1) is 12.6. The summed E-state index contributed by atoms with van der Waals surface area (Å²) in [5, 5.41) is 22.0. The van der Waals surface area contributed by atoms with Gasteiger partial charge in [-0.05, 0) is 55.0 Å². The summed E-state index contributed by atoms with van der Waals surface area (Å²) in [7, 11) is 1.72. The highest BCUT2D eigenvalue weighted by Gasteiger charge is 2.29. The van der Waals surface area contributed by atoms with Crippen molar-refractivity contribution < 1.29 is 0 Å². The molecule has 0 radical (unpaired) electrons. The van der Waals surface area contributed by atoms with E-state index in [-0.39, 0.29) is 5.56 Å². The Labute approximate surface area is 151 Å². The third-order valence-corrected chi connectivity index (χ3v) is 5.01. The van der Waals surface area contributed by atoms with E-state index < -0.39 is 0 Å². The van der Waals surface area contributed by atoms with Crippen LogP contribution in [-0.2, 0) is 7.05 Å². The fourth-order valence-electron chi connectivity index (χ4n) is 3.18. The number of rotatable bonds is 4. The largest absolute Gasteiger partial charge is 0.379 e. The topological polar surface area (TPSA) is 83.6 Å². The van der Waals surface area contributed by atoms with Crippen molar-refractivity contribution in [3.63, 3.8) is 0 Å². The summed E-state index contributed by atoms with van der Waals surface area (Å²) in [6.07, 6.45) is 4.19. The lowest BCUT2D eigenvalue weighted by Gasteiger charge is -2.17. The molecule has 1 saturated carbocycles. The van der Waals surface area contributed by atoms with Crippen molar-refractivity contribution in [2.45, 2.75) is 25.8 Å². The number of hydrogen-bond acceptors (Lipinski definition) is 5. The van der Waals surface area contributed by atoms with Gasteiger partial charge in [0.1, 0.15) is 6.07 Å². The molecule has 0 saturated heterocycles. The van der Waals surface area contributed by atoms with Crippen LogP contribution in [0.3, 0.4) is 0 Å². The second-order valence-corrected chi connectivity index (χ2v) is 6.90. The molecule has 1 aliphatic rings. The van der Waals surface area contributed by atoms with Gasteiger partial charge in [-0.1, -0.05) is 6.07 Å². The molecule has 0 amide bonds. The van der Waals surface area contributed by atoms with Gasteiger partial charge in [0.2, 0.25) is 0 Å². The Balaban J connectivity index is 1.80. The Morgan fingerprint density at radius 2 is 2.00 bits per heavy atom. The first kappa shape index (κ1) is 16.3. The lowest BCUT2D eigenvalue weighted by atomic mass is 10.0. The van der Waals surface area contributed by atoms with Crippen LogP contribution < -0.4 is 10.9 Å². The van der Waals surface area contributed by atoms with Gasteiger partial charge in [0.15, 0.2) is 5.69 Å². The van der Waals surface area contributed by atoms with Gasteiger partial charge in [-0.3, -0.25) is 4.79 Å². The molecule has 6 heteroatoms. The summed E-state index contributed by atoms with van der Waals surface area (Å²) in [6, 6.07) is 11.7. The molecule has 130 valence electrons. The number of aromatic nitrogens is 3. The zero-order chi connectivity index (χ0) is 18.3. The minimum absolute atomic E-state index is 0.0610. The number of nitriles is 1. The maximum Gasteiger partial charge on any atom is 0.250 e. The molecule has 0 aliphatic heterocycles. The summed E-state index contributed by atoms with van der Waals surface area (Å²) in [4.78, 5) is 11.9. The summed E-state index contributed by atoms with van der Waals surface area (Å²) in [5.41, 5.74) is 3.43. The summed E-state index contributed by atoms with van der Waals surface area (Å²) >= 11 is 0. The van der Waals surface area contributed by atoms with Gasteiger partial charge in [-0.25, -0.2) is 0 Å². The van der Waals surface area contributed by atoms with Crippen LogP contribution in [0.5, 0.6) is 0 Å². The molecule has 4 rings (SSSR count). The third-order valence-electron chi connectivity index (χ3n) is 5.01. The van der Waals surface area contributed by atoms with Crippen molar-refractivity contribution in [2.75, 3.05) is 5.32 Å². The molecule has 2 aromatic heterocycles. The summed E-state index contributed by atoms with van der Waals surface area (Å²) in [5.74, 6) is 0.657. The van der Waals surface area contributed by atoms with E-state index in [1.165, 1.54) is 17.4 Å². The number of hydrogen-bond donors (Lipinski definition) is 1. The number of aryl methyl sites for hydroxylation is 1. The maximum absolute atomic E-state index is 11.9. The van der Waals surface area contributed by atoms with Gasteiger partial charge in [0, 0.05) is 30.7 Å². The van der Waals surface area contributed by atoms with Crippen LogP contribution in [0, 0.1) is 17.2 Å². The van der Waals surface area contributed by atoms with Gasteiger partial charge < -0.3 is 9.88 Å². The fourth-order valence-corrected chi connectivity index (χ4v) is 3.18. The first-order valence-electron chi connectivity index (χ1n) is 8.71. The number of pyridine rings is 1. The maximum atomic E-state index is 11.9. The highest BCUT2D eigenvalue weighted by Crippen LogP contribution is 2.36. The normalized spacial score (nSPS) is 14.8. The monoisotopic (exact) mass is 345 g/mol. The van der Waals surface area contributed by atoms with Crippen molar-refractivity contribution in [3.05, 3.63) is 52.6 Å². The Bertz CT molecular complexity index is 1090. The van der Waals surface area contributed by atoms with E-state index in [2.05, 4.69) is 28.5 Å². The smallest absolute Gasteiger partial charge is 0.250 e. The van der Waals surface area contributed by atoms with Crippen LogP contribution in [0.15, 0.2) is 41.3 Å². The summed E-state index contributed by atoms with van der Waals surface area (Å²) < 4.78 is 1.53. The van der Waals surface area contributed by atoms with E-state index in [0.29, 0.717) is 23.2 Å². The van der Waals surface area contributed by atoms with Gasteiger partial charge in [-0.15, -0.1) is 10.2 Å². The van der Waals surface area contributed by atoms with Crippen LogP contribution >= 0.6 is 0 Å². The highest BCUT2D eigenvalue weighted by molar-refractivity contribution is 5.95. The SMILES string of the molecule is C[C@@H](Nc1c(C#N)nnc2cc(-c3ccn(C)c(=O)c3)ccc12)C1CC1. The second-order valence-electron chi connectivity index (χ2n) is 6.90. The van der Waals surface area contributed by atoms with Gasteiger partial charge in [0.25, 0.3) is 5.56 Å². The standard InChI is InChI=1S/C20H19N5O/c1-12(13-3-4-13)22-20-16-6-5-14(9-17(16)23-24-18(20)11-21)15-7-8-25(2)19(26)10-15/h5-10,12-13H,3-4H2,1-2H3,(H,22,23)/t12-/m1/s1. The average molecular weight is 345 g/mol. The molecule has 6 nitrogen and oxygen atoms in total. The summed E-state index contributed by atoms with van der Waals surface area (Å²) in [6.45, 7) is 2.14. The molecule has 1 aromatic carbocycles. The zero-order valence-electron chi connectivity index (χ0n) is 14.7. The van der Waals surface area contributed by atoms with Crippen LogP contribution in [0.4, 0.5) is 5.69 Å². The van der Waals surface area contributed by atoms with E-state index in [0.717, 1.165) is 22.2 Å². The van der Waals surface area contributed by atoms with Crippen LogP contribution in [-0.4, -0.2) is 20.8 Å². The van der Waals surface area contributed by atoms with Crippen molar-refractivity contribution in [3.8, 4) is 17.2 Å². The predicted molar refractivity (Wildman–Crippen MR) is 101 cm³/mol. The molecule has 3 aromatic rings. The Morgan fingerprint density at radius 1 is 1.23 bits per heavy atom. The quantitative estimate of drug-likeness (QED) is 0.785. The second kappa shape index (κ2) is 6.26. The number of fused-ring (bicyclic) bond motifs is 1. The van der Waals surface area contributed by atoms with E-state index in [1.807, 2.05) is 24.3 Å². The number of benzene rings is 1. The van der Waals surface area contributed by atoms with Crippen LogP contribution in [0.25, 0.3) is 22.0 Å². The molecule has 1 aliphatic carbocycles. The lowest BCUT2D eigenvalue weighted by Crippen LogP contribution is -2.19. The van der Waals surface area contributed by atoms with Crippen molar-refractivity contribution >= 4 is 16.6 Å². The number of anilines is 1. The Kier molecular flexibility index (Phi) is 3.92. The molecule has 0 bridgehead atoms. The van der Waals surface area contributed by atoms with E-state index >= 15 is 0 Å². The lowest BCUT2D eigenvalue weighted by molar-refractivity contribution is 0.694. The Hall–Kier alpha value is -3.20. The van der Waals surface area contributed by atoms with Gasteiger partial charge in [-0.2, -0.15) is 5.26 Å². The molecule has 0 spiro atoms. The molecule has 1 atom stereocenters. The predicted octanol–water partition coefficient (Wildman–Crippen LogP) is 3.08. The molecular weight excluding hydrogens is 326 g/mol. The number of nitrogens with zero attached hydrogens (tertiary/aromatic N) is 4. The first-order valence-corrected chi connectivity index (χ1v) is 8.71. The fraction of sp³-hybridized carbons (Fsp3) is 0.300. The van der Waals surface area contributed by atoms with Gasteiger partial charge in [0.05, 0.1) is 11.2 Å². The minimum atomic E-state index is -0.0610. The molecule has 26 heavy (non-hydrogen) atoms. The van der Waals surface area contributed by atoms with E-state index in [4.69, 9.17) is 0 Å². The molecule has 1 fully saturated rings. The van der Waals surface area contributed by atoms with E-state index in [1.54, 1.807) is 19.3 Å². The minimum Gasteiger partial charge on any atom is -0.379 e. The molecule has 2 heterocycles. The molecule has 0 unspecified atom stereocenters. The Morgan fingerprint density at radius 3 is 2.69 bits per heavy atom. The van der Waals surface area contributed by atoms with Crippen molar-refractivity contribution in [1.82, 2.24) is 14.8 Å². The molecule has 1 N–H and O–H groups in total. The average Bonchev–Trinajstić information content (AvgIpc) is 3.49.